The number of aliphatic hydroxyl groups is 1. The number of hydrogen-bond donors (Lipinski definition) is 3. The van der Waals surface area contributed by atoms with Crippen LogP contribution in [0.3, 0.4) is 0 Å². The van der Waals surface area contributed by atoms with E-state index in [4.69, 9.17) is 9.47 Å². The zero-order valence-electron chi connectivity index (χ0n) is 24.3. The SMILES string of the molecule is CC(=O)NC[C@H]1CN(c2ccc(OCC3(O)CCN(c4nc5c(cc4F)c(=O)c(C(=O)O)cn5C4CC4)CC3)c(F)c2)C(=O)O1. The number of nitrogens with one attached hydrogen (secondary N) is 1. The van der Waals surface area contributed by atoms with Gasteiger partial charge in [0.1, 0.15) is 29.5 Å². The van der Waals surface area contributed by atoms with E-state index in [1.807, 2.05) is 0 Å². The molecule has 0 spiro atoms. The summed E-state index contributed by atoms with van der Waals surface area (Å²) in [5.74, 6) is -3.32. The van der Waals surface area contributed by atoms with Crippen molar-refractivity contribution < 1.29 is 42.9 Å². The summed E-state index contributed by atoms with van der Waals surface area (Å²) in [6, 6.07) is 4.96. The van der Waals surface area contributed by atoms with Crippen LogP contribution in [0.1, 0.15) is 49.0 Å². The fraction of sp³-hybridized carbons (Fsp3) is 0.433. The smallest absolute Gasteiger partial charge is 0.414 e. The second-order valence-corrected chi connectivity index (χ2v) is 11.6. The Hall–Kier alpha value is -4.79. The normalized spacial score (nSPS) is 19.5. The van der Waals surface area contributed by atoms with E-state index in [9.17, 15) is 33.8 Å². The molecular formula is C30H31F2N5O8. The van der Waals surface area contributed by atoms with Crippen LogP contribution in [0.5, 0.6) is 5.75 Å². The number of piperidine rings is 1. The molecule has 2 aromatic heterocycles. The molecular weight excluding hydrogens is 596 g/mol. The number of carboxylic acids is 1. The first-order chi connectivity index (χ1) is 21.4. The van der Waals surface area contributed by atoms with Crippen LogP contribution in [0.4, 0.5) is 25.1 Å². The van der Waals surface area contributed by atoms with Gasteiger partial charge in [-0.15, -0.1) is 0 Å². The number of fused-ring (bicyclic) bond motifs is 1. The molecule has 0 unspecified atom stereocenters. The van der Waals surface area contributed by atoms with Crippen molar-refractivity contribution in [2.45, 2.75) is 50.4 Å². The zero-order valence-corrected chi connectivity index (χ0v) is 24.3. The van der Waals surface area contributed by atoms with Crippen molar-refractivity contribution in [1.82, 2.24) is 14.9 Å². The summed E-state index contributed by atoms with van der Waals surface area (Å²) in [6.07, 6.45) is 1.89. The Morgan fingerprint density at radius 3 is 2.53 bits per heavy atom. The molecule has 2 amide bonds. The lowest BCUT2D eigenvalue weighted by atomic mass is 9.92. The van der Waals surface area contributed by atoms with Crippen molar-refractivity contribution in [3.05, 3.63) is 57.9 Å². The van der Waals surface area contributed by atoms with E-state index in [2.05, 4.69) is 10.3 Å². The van der Waals surface area contributed by atoms with Crippen LogP contribution in [-0.4, -0.2) is 82.2 Å². The van der Waals surface area contributed by atoms with Gasteiger partial charge in [-0.05, 0) is 43.9 Å². The van der Waals surface area contributed by atoms with Gasteiger partial charge in [-0.2, -0.15) is 0 Å². The third-order valence-electron chi connectivity index (χ3n) is 8.28. The Labute approximate surface area is 255 Å². The fourth-order valence-electron chi connectivity index (χ4n) is 5.60. The lowest BCUT2D eigenvalue weighted by Gasteiger charge is -2.38. The third kappa shape index (κ3) is 6.12. The molecule has 0 radical (unpaired) electrons. The van der Waals surface area contributed by atoms with Crippen molar-refractivity contribution in [2.75, 3.05) is 42.6 Å². The van der Waals surface area contributed by atoms with E-state index < -0.39 is 46.4 Å². The summed E-state index contributed by atoms with van der Waals surface area (Å²) in [6.45, 7) is 1.75. The molecule has 0 bridgehead atoms. The average molecular weight is 628 g/mol. The van der Waals surface area contributed by atoms with Crippen LogP contribution < -0.4 is 25.3 Å². The predicted molar refractivity (Wildman–Crippen MR) is 156 cm³/mol. The maximum Gasteiger partial charge on any atom is 0.414 e. The van der Waals surface area contributed by atoms with Crippen LogP contribution in [0, 0.1) is 11.6 Å². The summed E-state index contributed by atoms with van der Waals surface area (Å²) < 4.78 is 42.7. The number of benzene rings is 1. The first-order valence-corrected chi connectivity index (χ1v) is 14.5. The largest absolute Gasteiger partial charge is 0.488 e. The van der Waals surface area contributed by atoms with E-state index in [1.165, 1.54) is 30.2 Å². The number of cyclic esters (lactones) is 1. The molecule has 3 fully saturated rings. The Bertz CT molecular complexity index is 1750. The molecule has 13 nitrogen and oxygen atoms in total. The Balaban J connectivity index is 1.11. The molecule has 15 heteroatoms. The highest BCUT2D eigenvalue weighted by atomic mass is 19.1. The van der Waals surface area contributed by atoms with E-state index in [1.54, 1.807) is 9.47 Å². The highest BCUT2D eigenvalue weighted by Gasteiger charge is 2.36. The number of amides is 2. The number of pyridine rings is 2. The molecule has 1 atom stereocenters. The van der Waals surface area contributed by atoms with Crippen molar-refractivity contribution >= 4 is 40.5 Å². The molecule has 2 aliphatic heterocycles. The summed E-state index contributed by atoms with van der Waals surface area (Å²) >= 11 is 0. The Morgan fingerprint density at radius 2 is 1.89 bits per heavy atom. The van der Waals surface area contributed by atoms with Crippen LogP contribution in [0.2, 0.25) is 0 Å². The summed E-state index contributed by atoms with van der Waals surface area (Å²) in [5, 5.41) is 23.1. The molecule has 3 aliphatic rings. The topological polar surface area (TPSA) is 164 Å². The maximum absolute atomic E-state index is 15.3. The van der Waals surface area contributed by atoms with Crippen molar-refractivity contribution in [3.8, 4) is 5.75 Å². The van der Waals surface area contributed by atoms with Gasteiger partial charge >= 0.3 is 12.1 Å². The minimum atomic E-state index is -1.39. The highest BCUT2D eigenvalue weighted by molar-refractivity contribution is 5.92. The van der Waals surface area contributed by atoms with Gasteiger partial charge in [-0.25, -0.2) is 23.4 Å². The number of anilines is 2. The highest BCUT2D eigenvalue weighted by Crippen LogP contribution is 2.38. The number of aromatic nitrogens is 2. The first-order valence-electron chi connectivity index (χ1n) is 14.5. The molecule has 1 aromatic carbocycles. The summed E-state index contributed by atoms with van der Waals surface area (Å²) in [7, 11) is 0. The molecule has 3 aromatic rings. The molecule has 238 valence electrons. The number of nitrogens with zero attached hydrogens (tertiary/aromatic N) is 4. The molecule has 1 saturated carbocycles. The van der Waals surface area contributed by atoms with Crippen molar-refractivity contribution in [3.63, 3.8) is 0 Å². The fourth-order valence-corrected chi connectivity index (χ4v) is 5.60. The molecule has 6 rings (SSSR count). The first kappa shape index (κ1) is 30.2. The lowest BCUT2D eigenvalue weighted by molar-refractivity contribution is -0.119. The number of ether oxygens (including phenoxy) is 2. The van der Waals surface area contributed by atoms with Gasteiger partial charge in [-0.1, -0.05) is 0 Å². The maximum atomic E-state index is 15.3. The predicted octanol–water partition coefficient (Wildman–Crippen LogP) is 2.58. The van der Waals surface area contributed by atoms with Gasteiger partial charge in [0.15, 0.2) is 23.2 Å². The quantitative estimate of drug-likeness (QED) is 0.321. The standard InChI is InChI=1S/C30H31F2N5O8/c1-16(38)33-12-19-13-37(29(42)45-19)18-4-5-24(22(31)10-18)44-15-30(43)6-8-35(9-7-30)27-23(32)11-20-25(39)21(28(40)41)14-36(17-2-3-17)26(20)34-27/h4-5,10-11,14,17,19,43H,2-3,6-9,12-13,15H2,1H3,(H,33,38)(H,40,41)/t19-/m0/s1. The van der Waals surface area contributed by atoms with E-state index in [0.29, 0.717) is 0 Å². The van der Waals surface area contributed by atoms with E-state index >= 15 is 4.39 Å². The Kier molecular flexibility index (Phi) is 7.81. The van der Waals surface area contributed by atoms with Gasteiger partial charge < -0.3 is 34.5 Å². The van der Waals surface area contributed by atoms with Gasteiger partial charge in [0, 0.05) is 38.3 Å². The number of halogens is 2. The lowest BCUT2D eigenvalue weighted by Crippen LogP contribution is -2.48. The molecule has 2 saturated heterocycles. The van der Waals surface area contributed by atoms with E-state index in [-0.39, 0.29) is 85.9 Å². The monoisotopic (exact) mass is 627 g/mol. The van der Waals surface area contributed by atoms with Gasteiger partial charge in [0.05, 0.1) is 24.2 Å². The number of hydrogen-bond acceptors (Lipinski definition) is 9. The van der Waals surface area contributed by atoms with Crippen LogP contribution >= 0.6 is 0 Å². The van der Waals surface area contributed by atoms with Crippen molar-refractivity contribution in [2.24, 2.45) is 0 Å². The Morgan fingerprint density at radius 1 is 1.16 bits per heavy atom. The zero-order chi connectivity index (χ0) is 32.0. The molecule has 3 N–H and O–H groups in total. The molecule has 45 heavy (non-hydrogen) atoms. The third-order valence-corrected chi connectivity index (χ3v) is 8.28. The van der Waals surface area contributed by atoms with E-state index in [0.717, 1.165) is 25.0 Å². The summed E-state index contributed by atoms with van der Waals surface area (Å²) in [5.41, 5.74) is -2.14. The number of rotatable bonds is 9. The number of carbonyl (C=O) groups is 3. The minimum Gasteiger partial charge on any atom is -0.488 e. The van der Waals surface area contributed by atoms with Gasteiger partial charge in [-0.3, -0.25) is 14.5 Å². The molecule has 1 aliphatic carbocycles. The average Bonchev–Trinajstić information content (AvgIpc) is 3.77. The second kappa shape index (κ2) is 11.6. The van der Waals surface area contributed by atoms with Crippen LogP contribution in [0.25, 0.3) is 11.0 Å². The minimum absolute atomic E-state index is 0.0104. The number of carbonyl (C=O) groups excluding carboxylic acids is 2. The molecule has 4 heterocycles. The van der Waals surface area contributed by atoms with Crippen LogP contribution in [-0.2, 0) is 9.53 Å². The summed E-state index contributed by atoms with van der Waals surface area (Å²) in [4.78, 5) is 55.0. The number of carboxylic acid groups (broad SMARTS) is 1. The van der Waals surface area contributed by atoms with Gasteiger partial charge in [0.2, 0.25) is 11.3 Å². The van der Waals surface area contributed by atoms with Crippen molar-refractivity contribution in [1.29, 1.82) is 0 Å². The van der Waals surface area contributed by atoms with Gasteiger partial charge in [0.25, 0.3) is 0 Å². The second-order valence-electron chi connectivity index (χ2n) is 11.6. The number of aromatic carboxylic acids is 1. The van der Waals surface area contributed by atoms with Crippen LogP contribution in [0.15, 0.2) is 35.3 Å².